The van der Waals surface area contributed by atoms with Crippen LogP contribution in [0.4, 0.5) is 0 Å². The van der Waals surface area contributed by atoms with Crippen molar-refractivity contribution in [3.8, 4) is 11.5 Å². The molecule has 0 bridgehead atoms. The number of likely N-dealkylation sites (tertiary alicyclic amines) is 1. The molecule has 4 heterocycles. The largest absolute Gasteiger partial charge is 0.508 e. The fourth-order valence-electron chi connectivity index (χ4n) is 7.73. The van der Waals surface area contributed by atoms with Crippen molar-refractivity contribution in [1.82, 2.24) is 20.3 Å². The molecule has 8 rings (SSSR count). The molecule has 10 nitrogen and oxygen atoms in total. The fourth-order valence-corrected chi connectivity index (χ4v) is 8.15. The Morgan fingerprint density at radius 1 is 0.596 bits per heavy atom. The van der Waals surface area contributed by atoms with Gasteiger partial charge in [-0.05, 0) is 137 Å². The van der Waals surface area contributed by atoms with Crippen LogP contribution in [0.1, 0.15) is 83.7 Å². The minimum atomic E-state index is -0.105. The van der Waals surface area contributed by atoms with E-state index in [2.05, 4.69) is 57.3 Å². The van der Waals surface area contributed by atoms with E-state index in [9.17, 15) is 14.7 Å². The number of hydrogen-bond acceptors (Lipinski definition) is 8. The highest BCUT2D eigenvalue weighted by Crippen LogP contribution is 2.32. The Labute approximate surface area is 345 Å². The predicted molar refractivity (Wildman–Crippen MR) is 226 cm³/mol. The molecule has 2 atom stereocenters. The highest BCUT2D eigenvalue weighted by atomic mass is 79.9. The number of nitrogens with one attached hydrogen (secondary N) is 1. The molecule has 4 saturated heterocycles. The van der Waals surface area contributed by atoms with Crippen molar-refractivity contribution in [2.24, 2.45) is 0 Å². The molecule has 4 aromatic rings. The number of alkyl halides is 1. The number of carbonyl (C=O) groups excluding carboxylic acids is 2. The van der Waals surface area contributed by atoms with Crippen LogP contribution in [0.2, 0.25) is 0 Å². The maximum Gasteiger partial charge on any atom is 0.263 e. The lowest BCUT2D eigenvalue weighted by molar-refractivity contribution is -0.212. The average Bonchev–Trinajstić information content (AvgIpc) is 3.23. The molecule has 3 N–H and O–H groups in total. The normalized spacial score (nSPS) is 21.0. The molecule has 0 saturated carbocycles. The summed E-state index contributed by atoms with van der Waals surface area (Å²) >= 11 is 3.35. The molecule has 0 aliphatic carbocycles. The van der Waals surface area contributed by atoms with E-state index >= 15 is 0 Å². The fraction of sp³-hybridized carbons (Fsp3) is 0.435. The number of hydroxylamine groups is 4. The first kappa shape index (κ1) is 42.3. The Morgan fingerprint density at radius 2 is 1.04 bits per heavy atom. The van der Waals surface area contributed by atoms with E-state index in [0.29, 0.717) is 49.6 Å². The number of halogens is 1. The molecule has 304 valence electrons. The topological polar surface area (TPSA) is 115 Å². The Morgan fingerprint density at radius 3 is 1.53 bits per heavy atom. The second-order valence-electron chi connectivity index (χ2n) is 15.5. The maximum atomic E-state index is 13.0. The second-order valence-corrected chi connectivity index (χ2v) is 16.6. The van der Waals surface area contributed by atoms with Crippen LogP contribution in [0.5, 0.6) is 11.5 Å². The lowest BCUT2D eigenvalue weighted by atomic mass is 9.88. The summed E-state index contributed by atoms with van der Waals surface area (Å²) in [6.45, 7) is 10.4. The van der Waals surface area contributed by atoms with Gasteiger partial charge in [-0.1, -0.05) is 99.9 Å². The third kappa shape index (κ3) is 12.4. The highest BCUT2D eigenvalue weighted by molar-refractivity contribution is 9.10. The number of carbonyl (C=O) groups is 2. The summed E-state index contributed by atoms with van der Waals surface area (Å²) in [5.41, 5.74) is 7.24. The Balaban J connectivity index is 0.000000160. The number of rotatable bonds is 7. The molecule has 0 radical (unpaired) electrons. The van der Waals surface area contributed by atoms with E-state index in [4.69, 9.17) is 14.8 Å². The third-order valence-corrected chi connectivity index (χ3v) is 12.1. The zero-order chi connectivity index (χ0) is 40.1. The molecule has 57 heavy (non-hydrogen) atoms. The number of phenols is 2. The Hall–Kier alpha value is -4.26. The van der Waals surface area contributed by atoms with Crippen molar-refractivity contribution in [2.45, 2.75) is 88.2 Å². The zero-order valence-corrected chi connectivity index (χ0v) is 34.8. The summed E-state index contributed by atoms with van der Waals surface area (Å²) in [6, 6.07) is 31.4. The van der Waals surface area contributed by atoms with Gasteiger partial charge in [-0.25, -0.2) is 10.1 Å². The molecule has 2 unspecified atom stereocenters. The lowest BCUT2D eigenvalue weighted by Gasteiger charge is -2.41. The summed E-state index contributed by atoms with van der Waals surface area (Å²) in [4.78, 5) is 38.0. The molecule has 4 aliphatic heterocycles. The van der Waals surface area contributed by atoms with Gasteiger partial charge in [-0.2, -0.15) is 0 Å². The van der Waals surface area contributed by atoms with Crippen LogP contribution >= 0.6 is 15.9 Å². The quantitative estimate of drug-likeness (QED) is 0.161. The highest BCUT2D eigenvalue weighted by Gasteiger charge is 2.36. The van der Waals surface area contributed by atoms with Gasteiger partial charge in [-0.3, -0.25) is 24.2 Å². The first-order valence-electron chi connectivity index (χ1n) is 20.3. The smallest absolute Gasteiger partial charge is 0.263 e. The number of piperidine rings is 2. The number of aromatic hydroxyl groups is 2. The van der Waals surface area contributed by atoms with E-state index in [1.807, 2.05) is 55.5 Å². The van der Waals surface area contributed by atoms with Gasteiger partial charge in [0.25, 0.3) is 11.8 Å². The zero-order valence-electron chi connectivity index (χ0n) is 33.2. The van der Waals surface area contributed by atoms with Crippen molar-refractivity contribution < 1.29 is 29.5 Å². The van der Waals surface area contributed by atoms with Crippen LogP contribution in [-0.4, -0.2) is 87.3 Å². The van der Waals surface area contributed by atoms with E-state index in [-0.39, 0.29) is 22.7 Å². The van der Waals surface area contributed by atoms with Gasteiger partial charge < -0.3 is 15.5 Å². The number of nitrogens with zero attached hydrogens (tertiary/aromatic N) is 3. The minimum absolute atomic E-state index is 0.00632. The average molecular weight is 842 g/mol. The summed E-state index contributed by atoms with van der Waals surface area (Å²) < 4.78 is 0. The van der Waals surface area contributed by atoms with Crippen LogP contribution in [0.25, 0.3) is 0 Å². The number of aryl methyl sites for hydroxylation is 2. The van der Waals surface area contributed by atoms with Gasteiger partial charge in [0.15, 0.2) is 0 Å². The van der Waals surface area contributed by atoms with Crippen molar-refractivity contribution in [2.75, 3.05) is 39.4 Å². The number of hydrogen-bond donors (Lipinski definition) is 3. The van der Waals surface area contributed by atoms with Crippen LogP contribution in [-0.2, 0) is 32.4 Å². The summed E-state index contributed by atoms with van der Waals surface area (Å²) in [5.74, 6) is 1.93. The monoisotopic (exact) mass is 840 g/mol. The molecular weight excluding hydrogens is 784 g/mol. The van der Waals surface area contributed by atoms with Crippen molar-refractivity contribution >= 4 is 27.7 Å². The van der Waals surface area contributed by atoms with E-state index in [1.165, 1.54) is 40.2 Å². The Bertz CT molecular complexity index is 1840. The molecule has 2 amide bonds. The van der Waals surface area contributed by atoms with Gasteiger partial charge in [-0.15, -0.1) is 0 Å². The first-order chi connectivity index (χ1) is 27.6. The standard InChI is InChI=1S/C23H28N2O3.C12H14BrNO2.C11H15NO/c1-17-2-4-18(5-3-17)16-25-23(27)22(12-15-28-25)24-13-10-20(11-14-24)19-6-8-21(26)9-7-19;1-9-2-4-10(5-3-9)8-14-12(15)11(13)6-7-16-14;13-11-3-1-9(2-4-11)10-5-7-12-8-6-10/h2-9,20,22,26H,10-16H2,1H3;2-5,11H,6-8H2,1H3;1-4,10,12-13H,5-8H2. The van der Waals surface area contributed by atoms with Crippen molar-refractivity contribution in [1.29, 1.82) is 0 Å². The maximum absolute atomic E-state index is 13.0. The van der Waals surface area contributed by atoms with Crippen molar-refractivity contribution in [3.63, 3.8) is 0 Å². The van der Waals surface area contributed by atoms with Gasteiger partial charge in [0.05, 0.1) is 37.2 Å². The van der Waals surface area contributed by atoms with Crippen LogP contribution in [0.3, 0.4) is 0 Å². The SMILES string of the molecule is Cc1ccc(CN2OCCC(Br)C2=O)cc1.Cc1ccc(CN2OCCC(N3CCC(c4ccc(O)cc4)CC3)C2=O)cc1.Oc1ccc(C2CCNCC2)cc1. The van der Waals surface area contributed by atoms with Crippen LogP contribution in [0.15, 0.2) is 97.1 Å². The molecule has 0 spiro atoms. The number of benzene rings is 4. The second kappa shape index (κ2) is 20.9. The van der Waals surface area contributed by atoms with Crippen LogP contribution in [0, 0.1) is 13.8 Å². The van der Waals surface area contributed by atoms with Gasteiger partial charge in [0, 0.05) is 0 Å². The summed E-state index contributed by atoms with van der Waals surface area (Å²) in [5, 5.41) is 25.0. The van der Waals surface area contributed by atoms with Crippen molar-refractivity contribution in [3.05, 3.63) is 130 Å². The van der Waals surface area contributed by atoms with E-state index in [1.54, 1.807) is 29.3 Å². The number of phenolic OH excluding ortho intramolecular Hbond substituents is 2. The van der Waals surface area contributed by atoms with Gasteiger partial charge in [0.1, 0.15) is 11.5 Å². The lowest BCUT2D eigenvalue weighted by Crippen LogP contribution is -2.54. The molecule has 4 aromatic carbocycles. The minimum Gasteiger partial charge on any atom is -0.508 e. The molecule has 4 fully saturated rings. The summed E-state index contributed by atoms with van der Waals surface area (Å²) in [6.07, 6.45) is 5.99. The third-order valence-electron chi connectivity index (χ3n) is 11.2. The molecule has 0 aromatic heterocycles. The first-order valence-corrected chi connectivity index (χ1v) is 21.2. The molecule has 11 heteroatoms. The van der Waals surface area contributed by atoms with Gasteiger partial charge >= 0.3 is 0 Å². The van der Waals surface area contributed by atoms with E-state index < -0.39 is 0 Å². The predicted octanol–water partition coefficient (Wildman–Crippen LogP) is 7.89. The van der Waals surface area contributed by atoms with Crippen LogP contribution < -0.4 is 5.32 Å². The van der Waals surface area contributed by atoms with Gasteiger partial charge in [0.2, 0.25) is 0 Å². The number of amides is 2. The molecule has 4 aliphatic rings. The van der Waals surface area contributed by atoms with E-state index in [0.717, 1.165) is 63.0 Å². The Kier molecular flexibility index (Phi) is 15.6. The molecular formula is C46H57BrN4O6. The summed E-state index contributed by atoms with van der Waals surface area (Å²) in [7, 11) is 0.